The van der Waals surface area contributed by atoms with Crippen molar-refractivity contribution in [3.8, 4) is 5.13 Å². The molecular formula is C15H11BrFN3OS. The molecule has 0 saturated heterocycles. The number of amides is 1. The number of aromatic nitrogens is 2. The molecule has 0 aliphatic carbocycles. The Labute approximate surface area is 138 Å². The van der Waals surface area contributed by atoms with E-state index < -0.39 is 5.82 Å². The summed E-state index contributed by atoms with van der Waals surface area (Å²) in [6.07, 6.45) is 3.71. The van der Waals surface area contributed by atoms with Crippen LogP contribution in [0, 0.1) is 12.7 Å². The molecule has 7 heteroatoms. The third kappa shape index (κ3) is 2.95. The fourth-order valence-corrected chi connectivity index (χ4v) is 3.20. The predicted octanol–water partition coefficient (Wildman–Crippen LogP) is 4.40. The lowest BCUT2D eigenvalue weighted by Gasteiger charge is -2.05. The monoisotopic (exact) mass is 379 g/mol. The first kappa shape index (κ1) is 14.9. The highest BCUT2D eigenvalue weighted by molar-refractivity contribution is 9.10. The summed E-state index contributed by atoms with van der Waals surface area (Å²) in [7, 11) is 0. The van der Waals surface area contributed by atoms with Crippen molar-refractivity contribution in [1.82, 2.24) is 9.55 Å². The summed E-state index contributed by atoms with van der Waals surface area (Å²) in [6, 6.07) is 8.26. The number of rotatable bonds is 3. The van der Waals surface area contributed by atoms with Gasteiger partial charge in [0.15, 0.2) is 5.13 Å². The van der Waals surface area contributed by atoms with Crippen LogP contribution in [-0.4, -0.2) is 15.5 Å². The summed E-state index contributed by atoms with van der Waals surface area (Å²) in [6.45, 7) is 1.76. The van der Waals surface area contributed by atoms with E-state index in [1.54, 1.807) is 13.0 Å². The van der Waals surface area contributed by atoms with Crippen molar-refractivity contribution in [2.75, 3.05) is 5.32 Å². The standard InChI is InChI=1S/C15H11BrFN3OS/c1-9-13(22-15(18-9)20-6-2-3-7-20)14(21)19-12-5-4-10(16)8-11(12)17/h2-8H,1H3,(H,19,21). The highest BCUT2D eigenvalue weighted by Gasteiger charge is 2.17. The van der Waals surface area contributed by atoms with Gasteiger partial charge in [0.2, 0.25) is 0 Å². The molecule has 0 spiro atoms. The number of carbonyl (C=O) groups excluding carboxylic acids is 1. The van der Waals surface area contributed by atoms with Gasteiger partial charge in [-0.05, 0) is 37.3 Å². The van der Waals surface area contributed by atoms with Crippen LogP contribution in [-0.2, 0) is 0 Å². The van der Waals surface area contributed by atoms with Gasteiger partial charge in [-0.1, -0.05) is 27.3 Å². The summed E-state index contributed by atoms with van der Waals surface area (Å²) in [4.78, 5) is 17.2. The fourth-order valence-electron chi connectivity index (χ4n) is 1.94. The highest BCUT2D eigenvalue weighted by atomic mass is 79.9. The van der Waals surface area contributed by atoms with Crippen LogP contribution in [0.1, 0.15) is 15.4 Å². The molecule has 4 nitrogen and oxygen atoms in total. The Morgan fingerprint density at radius 1 is 1.36 bits per heavy atom. The number of anilines is 1. The molecule has 0 aliphatic rings. The molecule has 22 heavy (non-hydrogen) atoms. The van der Waals surface area contributed by atoms with Crippen molar-refractivity contribution < 1.29 is 9.18 Å². The van der Waals surface area contributed by atoms with Crippen molar-refractivity contribution in [2.45, 2.75) is 6.92 Å². The number of benzene rings is 1. The van der Waals surface area contributed by atoms with Crippen LogP contribution >= 0.6 is 27.3 Å². The lowest BCUT2D eigenvalue weighted by atomic mass is 10.3. The molecule has 2 heterocycles. The second-order valence-electron chi connectivity index (χ2n) is 4.58. The zero-order valence-electron chi connectivity index (χ0n) is 11.5. The second kappa shape index (κ2) is 6.02. The zero-order chi connectivity index (χ0) is 15.7. The fraction of sp³-hybridized carbons (Fsp3) is 0.0667. The van der Waals surface area contributed by atoms with Crippen molar-refractivity contribution in [1.29, 1.82) is 0 Å². The molecule has 1 N–H and O–H groups in total. The smallest absolute Gasteiger partial charge is 0.267 e. The molecule has 3 aromatic rings. The van der Waals surface area contributed by atoms with Gasteiger partial charge in [0, 0.05) is 16.9 Å². The average molecular weight is 380 g/mol. The minimum absolute atomic E-state index is 0.142. The van der Waals surface area contributed by atoms with Crippen LogP contribution in [0.5, 0.6) is 0 Å². The minimum atomic E-state index is -0.490. The first-order chi connectivity index (χ1) is 10.5. The number of thiazole rings is 1. The van der Waals surface area contributed by atoms with Gasteiger partial charge in [-0.25, -0.2) is 9.37 Å². The Kier molecular flexibility index (Phi) is 4.08. The predicted molar refractivity (Wildman–Crippen MR) is 88.2 cm³/mol. The van der Waals surface area contributed by atoms with Gasteiger partial charge in [0.25, 0.3) is 5.91 Å². The maximum Gasteiger partial charge on any atom is 0.267 e. The summed E-state index contributed by atoms with van der Waals surface area (Å²) >= 11 is 4.44. The van der Waals surface area contributed by atoms with Crippen LogP contribution in [0.4, 0.5) is 10.1 Å². The van der Waals surface area contributed by atoms with Crippen molar-refractivity contribution >= 4 is 38.9 Å². The first-order valence-corrected chi connectivity index (χ1v) is 8.03. The van der Waals surface area contributed by atoms with Gasteiger partial charge in [0.05, 0.1) is 11.4 Å². The molecule has 0 fully saturated rings. The number of nitrogens with zero attached hydrogens (tertiary/aromatic N) is 2. The van der Waals surface area contributed by atoms with Gasteiger partial charge in [0.1, 0.15) is 10.7 Å². The van der Waals surface area contributed by atoms with Crippen molar-refractivity contribution in [2.24, 2.45) is 0 Å². The Morgan fingerprint density at radius 3 is 2.77 bits per heavy atom. The largest absolute Gasteiger partial charge is 0.319 e. The van der Waals surface area contributed by atoms with Crippen LogP contribution in [0.2, 0.25) is 0 Å². The van der Waals surface area contributed by atoms with E-state index in [1.165, 1.54) is 23.5 Å². The number of nitrogens with one attached hydrogen (secondary N) is 1. The Hall–Kier alpha value is -1.99. The Morgan fingerprint density at radius 2 is 2.09 bits per heavy atom. The van der Waals surface area contributed by atoms with Crippen LogP contribution < -0.4 is 5.32 Å². The van der Waals surface area contributed by atoms with E-state index in [1.807, 2.05) is 29.1 Å². The van der Waals surface area contributed by atoms with Gasteiger partial charge >= 0.3 is 0 Å². The van der Waals surface area contributed by atoms with E-state index >= 15 is 0 Å². The van der Waals surface area contributed by atoms with E-state index in [0.29, 0.717) is 20.2 Å². The number of aryl methyl sites for hydroxylation is 1. The molecule has 112 valence electrons. The molecule has 0 aliphatic heterocycles. The van der Waals surface area contributed by atoms with E-state index in [9.17, 15) is 9.18 Å². The lowest BCUT2D eigenvalue weighted by Crippen LogP contribution is -2.12. The summed E-state index contributed by atoms with van der Waals surface area (Å²) in [5, 5.41) is 3.28. The number of hydrogen-bond donors (Lipinski definition) is 1. The lowest BCUT2D eigenvalue weighted by molar-refractivity contribution is 0.102. The van der Waals surface area contributed by atoms with Gasteiger partial charge in [-0.3, -0.25) is 4.79 Å². The van der Waals surface area contributed by atoms with Crippen LogP contribution in [0.3, 0.4) is 0 Å². The van der Waals surface area contributed by atoms with Crippen LogP contribution in [0.15, 0.2) is 47.2 Å². The molecule has 2 aromatic heterocycles. The zero-order valence-corrected chi connectivity index (χ0v) is 13.9. The van der Waals surface area contributed by atoms with E-state index in [-0.39, 0.29) is 11.6 Å². The Bertz CT molecular complexity index is 829. The van der Waals surface area contributed by atoms with Crippen molar-refractivity contribution in [3.05, 3.63) is 63.6 Å². The quantitative estimate of drug-likeness (QED) is 0.732. The maximum atomic E-state index is 13.8. The van der Waals surface area contributed by atoms with Gasteiger partial charge in [-0.15, -0.1) is 0 Å². The number of hydrogen-bond acceptors (Lipinski definition) is 3. The van der Waals surface area contributed by atoms with Crippen molar-refractivity contribution in [3.63, 3.8) is 0 Å². The van der Waals surface area contributed by atoms with Gasteiger partial charge < -0.3 is 9.88 Å². The van der Waals surface area contributed by atoms with Crippen LogP contribution in [0.25, 0.3) is 5.13 Å². The topological polar surface area (TPSA) is 46.9 Å². The third-order valence-electron chi connectivity index (χ3n) is 3.00. The average Bonchev–Trinajstić information content (AvgIpc) is 3.10. The Balaban J connectivity index is 1.86. The minimum Gasteiger partial charge on any atom is -0.319 e. The maximum absolute atomic E-state index is 13.8. The third-order valence-corrected chi connectivity index (χ3v) is 4.66. The number of carbonyl (C=O) groups is 1. The molecular weight excluding hydrogens is 369 g/mol. The SMILES string of the molecule is Cc1nc(-n2cccc2)sc1C(=O)Nc1ccc(Br)cc1F. The molecule has 0 atom stereocenters. The normalized spacial score (nSPS) is 10.7. The molecule has 1 amide bonds. The van der Waals surface area contributed by atoms with Gasteiger partial charge in [-0.2, -0.15) is 0 Å². The second-order valence-corrected chi connectivity index (χ2v) is 6.47. The molecule has 0 bridgehead atoms. The highest BCUT2D eigenvalue weighted by Crippen LogP contribution is 2.24. The molecule has 0 radical (unpaired) electrons. The molecule has 1 aromatic carbocycles. The molecule has 0 unspecified atom stereocenters. The summed E-state index contributed by atoms with van der Waals surface area (Å²) in [5.41, 5.74) is 0.757. The summed E-state index contributed by atoms with van der Waals surface area (Å²) in [5.74, 6) is -0.856. The summed E-state index contributed by atoms with van der Waals surface area (Å²) < 4.78 is 16.2. The van der Waals surface area contributed by atoms with E-state index in [2.05, 4.69) is 26.2 Å². The molecule has 0 saturated carbocycles. The van der Waals surface area contributed by atoms with E-state index in [0.717, 1.165) is 0 Å². The van der Waals surface area contributed by atoms with E-state index in [4.69, 9.17) is 0 Å². The number of halogens is 2. The first-order valence-electron chi connectivity index (χ1n) is 6.42. The molecule has 3 rings (SSSR count).